The fourth-order valence-corrected chi connectivity index (χ4v) is 2.92. The van der Waals surface area contributed by atoms with Gasteiger partial charge in [0.05, 0.1) is 6.54 Å². The second-order valence-corrected chi connectivity index (χ2v) is 6.43. The first-order valence-electron chi connectivity index (χ1n) is 7.79. The van der Waals surface area contributed by atoms with Crippen molar-refractivity contribution in [3.05, 3.63) is 51.7 Å². The van der Waals surface area contributed by atoms with Crippen LogP contribution in [0.4, 0.5) is 4.39 Å². The van der Waals surface area contributed by atoms with Gasteiger partial charge in [-0.1, -0.05) is 19.1 Å². The van der Waals surface area contributed by atoms with Crippen molar-refractivity contribution in [3.8, 4) is 0 Å². The van der Waals surface area contributed by atoms with Crippen molar-refractivity contribution in [2.45, 2.75) is 33.4 Å². The lowest BCUT2D eigenvalue weighted by Gasteiger charge is -2.22. The molecule has 1 heterocycles. The Bertz CT molecular complexity index is 636. The molecule has 0 atom stereocenters. The number of hydrogen-bond acceptors (Lipinski definition) is 3. The van der Waals surface area contributed by atoms with Crippen molar-refractivity contribution in [3.63, 3.8) is 0 Å². The summed E-state index contributed by atoms with van der Waals surface area (Å²) in [5.74, 6) is 0.609. The van der Waals surface area contributed by atoms with Gasteiger partial charge in [0.1, 0.15) is 10.8 Å². The molecule has 0 spiro atoms. The number of rotatable bonds is 6. The molecule has 0 bridgehead atoms. The van der Waals surface area contributed by atoms with E-state index in [0.29, 0.717) is 13.1 Å². The summed E-state index contributed by atoms with van der Waals surface area (Å²) in [7, 11) is 1.98. The van der Waals surface area contributed by atoms with Gasteiger partial charge in [0, 0.05) is 31.2 Å². The Kier molecular flexibility index (Phi) is 6.52. The molecule has 4 nitrogen and oxygen atoms in total. The van der Waals surface area contributed by atoms with E-state index in [9.17, 15) is 4.39 Å². The number of aromatic nitrogens is 1. The molecule has 0 fully saturated rings. The lowest BCUT2D eigenvalue weighted by Crippen LogP contribution is -2.38. The highest BCUT2D eigenvalue weighted by Crippen LogP contribution is 2.14. The predicted octanol–water partition coefficient (Wildman–Crippen LogP) is 3.44. The van der Waals surface area contributed by atoms with Crippen LogP contribution in [0.25, 0.3) is 0 Å². The standard InChI is InChI=1S/C17H23FN4S/c1-4-15-10-20-16(23-15)11-21-17(19-5-2)22(3)12-13-6-8-14(18)9-7-13/h6-10H,4-5,11-12H2,1-3H3,(H,19,21). The van der Waals surface area contributed by atoms with Crippen molar-refractivity contribution in [2.75, 3.05) is 13.6 Å². The zero-order valence-corrected chi connectivity index (χ0v) is 14.7. The second kappa shape index (κ2) is 8.62. The third-order valence-corrected chi connectivity index (χ3v) is 4.47. The number of guanidine groups is 1. The van der Waals surface area contributed by atoms with E-state index >= 15 is 0 Å². The van der Waals surface area contributed by atoms with Crippen LogP contribution in [0.3, 0.4) is 0 Å². The average Bonchev–Trinajstić information content (AvgIpc) is 3.01. The minimum atomic E-state index is -0.215. The molecule has 23 heavy (non-hydrogen) atoms. The molecule has 1 aromatic carbocycles. The minimum Gasteiger partial charge on any atom is -0.357 e. The Balaban J connectivity index is 2.03. The molecular formula is C17H23FN4S. The third-order valence-electron chi connectivity index (χ3n) is 3.34. The van der Waals surface area contributed by atoms with Gasteiger partial charge in [-0.15, -0.1) is 11.3 Å². The van der Waals surface area contributed by atoms with Crippen LogP contribution in [0.2, 0.25) is 0 Å². The van der Waals surface area contributed by atoms with E-state index in [1.165, 1.54) is 17.0 Å². The smallest absolute Gasteiger partial charge is 0.194 e. The Morgan fingerprint density at radius 2 is 2.04 bits per heavy atom. The quantitative estimate of drug-likeness (QED) is 0.650. The molecule has 0 radical (unpaired) electrons. The number of benzene rings is 1. The lowest BCUT2D eigenvalue weighted by atomic mass is 10.2. The van der Waals surface area contributed by atoms with Crippen LogP contribution in [0, 0.1) is 5.82 Å². The Morgan fingerprint density at radius 1 is 1.30 bits per heavy atom. The number of aryl methyl sites for hydroxylation is 1. The van der Waals surface area contributed by atoms with Crippen LogP contribution < -0.4 is 5.32 Å². The fraction of sp³-hybridized carbons (Fsp3) is 0.412. The fourth-order valence-electron chi connectivity index (χ4n) is 2.14. The van der Waals surface area contributed by atoms with E-state index in [0.717, 1.165) is 29.5 Å². The highest BCUT2D eigenvalue weighted by molar-refractivity contribution is 7.11. The molecule has 0 unspecified atom stereocenters. The molecule has 1 aromatic heterocycles. The molecule has 0 aliphatic rings. The van der Waals surface area contributed by atoms with Crippen LogP contribution in [0.1, 0.15) is 29.3 Å². The molecule has 124 valence electrons. The van der Waals surface area contributed by atoms with Gasteiger partial charge in [-0.3, -0.25) is 0 Å². The van der Waals surface area contributed by atoms with Gasteiger partial charge < -0.3 is 10.2 Å². The summed E-state index contributed by atoms with van der Waals surface area (Å²) in [4.78, 5) is 12.4. The van der Waals surface area contributed by atoms with Crippen LogP contribution in [-0.2, 0) is 19.5 Å². The van der Waals surface area contributed by atoms with Gasteiger partial charge in [0.2, 0.25) is 0 Å². The van der Waals surface area contributed by atoms with Crippen molar-refractivity contribution >= 4 is 17.3 Å². The van der Waals surface area contributed by atoms with Crippen LogP contribution in [0.5, 0.6) is 0 Å². The topological polar surface area (TPSA) is 40.5 Å². The van der Waals surface area contributed by atoms with Crippen LogP contribution in [-0.4, -0.2) is 29.4 Å². The van der Waals surface area contributed by atoms with Gasteiger partial charge in [-0.2, -0.15) is 0 Å². The number of aliphatic imine (C=N–C) groups is 1. The van der Waals surface area contributed by atoms with Crippen LogP contribution in [0.15, 0.2) is 35.5 Å². The highest BCUT2D eigenvalue weighted by atomic mass is 32.1. The molecule has 0 aliphatic carbocycles. The molecule has 0 saturated heterocycles. The Labute approximate surface area is 141 Å². The molecule has 1 N–H and O–H groups in total. The Morgan fingerprint density at radius 3 is 2.65 bits per heavy atom. The van der Waals surface area contributed by atoms with Crippen molar-refractivity contribution in [1.29, 1.82) is 0 Å². The highest BCUT2D eigenvalue weighted by Gasteiger charge is 2.07. The molecule has 6 heteroatoms. The first kappa shape index (κ1) is 17.4. The summed E-state index contributed by atoms with van der Waals surface area (Å²) in [6.07, 6.45) is 2.93. The first-order valence-corrected chi connectivity index (χ1v) is 8.61. The number of halogens is 1. The average molecular weight is 334 g/mol. The zero-order valence-electron chi connectivity index (χ0n) is 13.8. The van der Waals surface area contributed by atoms with Gasteiger partial charge in [-0.05, 0) is 31.0 Å². The number of nitrogens with zero attached hydrogens (tertiary/aromatic N) is 3. The van der Waals surface area contributed by atoms with E-state index in [-0.39, 0.29) is 5.82 Å². The zero-order chi connectivity index (χ0) is 16.7. The van der Waals surface area contributed by atoms with Gasteiger partial charge in [-0.25, -0.2) is 14.4 Å². The largest absolute Gasteiger partial charge is 0.357 e. The van der Waals surface area contributed by atoms with E-state index in [1.54, 1.807) is 23.5 Å². The monoisotopic (exact) mass is 334 g/mol. The Hall–Kier alpha value is -1.95. The minimum absolute atomic E-state index is 0.215. The number of thiazole rings is 1. The maximum atomic E-state index is 13.0. The van der Waals surface area contributed by atoms with Crippen molar-refractivity contribution < 1.29 is 4.39 Å². The molecule has 0 amide bonds. The SMILES string of the molecule is CCNC(=NCc1ncc(CC)s1)N(C)Cc1ccc(F)cc1. The summed E-state index contributed by atoms with van der Waals surface area (Å²) in [5, 5.41) is 4.30. The molecule has 0 aliphatic heterocycles. The van der Waals surface area contributed by atoms with E-state index in [1.807, 2.05) is 25.1 Å². The van der Waals surface area contributed by atoms with Crippen molar-refractivity contribution in [2.24, 2.45) is 4.99 Å². The first-order chi connectivity index (χ1) is 11.1. The maximum absolute atomic E-state index is 13.0. The summed E-state index contributed by atoms with van der Waals surface area (Å²) >= 11 is 1.70. The molecule has 2 aromatic rings. The summed E-state index contributed by atoms with van der Waals surface area (Å²) in [6, 6.07) is 6.55. The van der Waals surface area contributed by atoms with Gasteiger partial charge >= 0.3 is 0 Å². The molecule has 2 rings (SSSR count). The number of nitrogens with one attached hydrogen (secondary N) is 1. The van der Waals surface area contributed by atoms with Crippen LogP contribution >= 0.6 is 11.3 Å². The number of hydrogen-bond donors (Lipinski definition) is 1. The third kappa shape index (κ3) is 5.32. The van der Waals surface area contributed by atoms with E-state index < -0.39 is 0 Å². The van der Waals surface area contributed by atoms with Crippen molar-refractivity contribution in [1.82, 2.24) is 15.2 Å². The normalized spacial score (nSPS) is 11.6. The predicted molar refractivity (Wildman–Crippen MR) is 94.2 cm³/mol. The summed E-state index contributed by atoms with van der Waals surface area (Å²) in [5.41, 5.74) is 1.04. The lowest BCUT2D eigenvalue weighted by molar-refractivity contribution is 0.476. The van der Waals surface area contributed by atoms with E-state index in [4.69, 9.17) is 0 Å². The molecule has 0 saturated carbocycles. The summed E-state index contributed by atoms with van der Waals surface area (Å²) < 4.78 is 13.0. The second-order valence-electron chi connectivity index (χ2n) is 5.23. The van der Waals surface area contributed by atoms with Gasteiger partial charge in [0.25, 0.3) is 0 Å². The van der Waals surface area contributed by atoms with E-state index in [2.05, 4.69) is 22.2 Å². The summed E-state index contributed by atoms with van der Waals surface area (Å²) in [6.45, 7) is 6.20. The van der Waals surface area contributed by atoms with Gasteiger partial charge in [0.15, 0.2) is 5.96 Å². The molecular weight excluding hydrogens is 311 g/mol. The maximum Gasteiger partial charge on any atom is 0.194 e.